The minimum Gasteiger partial charge on any atom is -0.496 e. The number of amides is 2. The normalized spacial score (nSPS) is 26.6. The summed E-state index contributed by atoms with van der Waals surface area (Å²) in [5, 5.41) is 11.8. The second-order valence-corrected chi connectivity index (χ2v) is 9.74. The molecule has 7 rings (SSSR count). The summed E-state index contributed by atoms with van der Waals surface area (Å²) in [4.78, 5) is 40.0. The van der Waals surface area contributed by atoms with E-state index in [0.717, 1.165) is 27.2 Å². The smallest absolute Gasteiger partial charge is 0.297 e. The highest BCUT2D eigenvalue weighted by Crippen LogP contribution is 2.66. The number of ether oxygens (including phenoxy) is 1. The van der Waals surface area contributed by atoms with Gasteiger partial charge in [0, 0.05) is 5.92 Å². The van der Waals surface area contributed by atoms with E-state index in [9.17, 15) is 19.7 Å². The van der Waals surface area contributed by atoms with Crippen LogP contribution in [-0.4, -0.2) is 23.8 Å². The van der Waals surface area contributed by atoms with Crippen LogP contribution in [0.15, 0.2) is 66.7 Å². The first-order valence-corrected chi connectivity index (χ1v) is 11.3. The lowest BCUT2D eigenvalue weighted by Crippen LogP contribution is -2.50. The number of nitrogens with zero attached hydrogens (tertiary/aromatic N) is 2. The molecular formula is C25H17BrN2O5. The van der Waals surface area contributed by atoms with Gasteiger partial charge in [0.25, 0.3) is 5.69 Å². The fourth-order valence-corrected chi connectivity index (χ4v) is 7.08. The first-order valence-electron chi connectivity index (χ1n) is 10.5. The molecule has 1 heterocycles. The summed E-state index contributed by atoms with van der Waals surface area (Å²) in [6.45, 7) is 0. The van der Waals surface area contributed by atoms with E-state index < -0.39 is 32.9 Å². The third kappa shape index (κ3) is 2.39. The summed E-state index contributed by atoms with van der Waals surface area (Å²) in [6, 6.07) is 19.8. The number of alkyl halides is 1. The predicted molar refractivity (Wildman–Crippen MR) is 124 cm³/mol. The molecule has 0 N–H and O–H groups in total. The Morgan fingerprint density at radius 3 is 2.15 bits per heavy atom. The summed E-state index contributed by atoms with van der Waals surface area (Å²) >= 11 is 3.92. The molecule has 1 aliphatic heterocycles. The van der Waals surface area contributed by atoms with Crippen LogP contribution in [0.4, 0.5) is 11.4 Å². The Bertz CT molecular complexity index is 1340. The van der Waals surface area contributed by atoms with Gasteiger partial charge in [-0.05, 0) is 34.4 Å². The Kier molecular flexibility index (Phi) is 4.11. The maximum atomic E-state index is 13.9. The number of nitro benzene ring substituents is 1. The summed E-state index contributed by atoms with van der Waals surface area (Å²) < 4.78 is 4.21. The fourth-order valence-electron chi connectivity index (χ4n) is 5.88. The van der Waals surface area contributed by atoms with Gasteiger partial charge in [0.15, 0.2) is 0 Å². The molecule has 33 heavy (non-hydrogen) atoms. The van der Waals surface area contributed by atoms with E-state index in [2.05, 4.69) is 15.9 Å². The third-order valence-electron chi connectivity index (χ3n) is 7.13. The quantitative estimate of drug-likeness (QED) is 0.226. The van der Waals surface area contributed by atoms with Crippen molar-refractivity contribution in [2.24, 2.45) is 11.8 Å². The highest BCUT2D eigenvalue weighted by atomic mass is 79.9. The van der Waals surface area contributed by atoms with Crippen molar-refractivity contribution >= 4 is 39.1 Å². The van der Waals surface area contributed by atoms with Crippen LogP contribution < -0.4 is 9.64 Å². The number of imide groups is 1. The molecule has 1 saturated heterocycles. The summed E-state index contributed by atoms with van der Waals surface area (Å²) in [5.74, 6) is -2.27. The molecule has 164 valence electrons. The van der Waals surface area contributed by atoms with Crippen LogP contribution in [0.5, 0.6) is 5.75 Å². The third-order valence-corrected chi connectivity index (χ3v) is 8.48. The molecule has 0 unspecified atom stereocenters. The maximum Gasteiger partial charge on any atom is 0.297 e. The highest BCUT2D eigenvalue weighted by Gasteiger charge is 2.68. The summed E-state index contributed by atoms with van der Waals surface area (Å²) in [7, 11) is 1.40. The SMILES string of the molecule is COc1ccc(N2C(=O)[C@@H]3[C@@H](C2=O)C2c4ccccc4C3(Br)c3ccccc32)c([N+](=O)[O-])c1. The highest BCUT2D eigenvalue weighted by molar-refractivity contribution is 9.09. The Hall–Kier alpha value is -3.52. The zero-order chi connectivity index (χ0) is 23.1. The number of carbonyl (C=O) groups excluding carboxylic acids is 2. The van der Waals surface area contributed by atoms with Crippen LogP contribution >= 0.6 is 15.9 Å². The molecule has 8 heteroatoms. The zero-order valence-electron chi connectivity index (χ0n) is 17.4. The number of carbonyl (C=O) groups is 2. The van der Waals surface area contributed by atoms with Crippen LogP contribution in [0, 0.1) is 22.0 Å². The molecule has 3 aliphatic carbocycles. The second kappa shape index (κ2) is 6.74. The predicted octanol–water partition coefficient (Wildman–Crippen LogP) is 4.51. The van der Waals surface area contributed by atoms with Gasteiger partial charge in [-0.15, -0.1) is 0 Å². The van der Waals surface area contributed by atoms with Gasteiger partial charge in [0.1, 0.15) is 11.4 Å². The lowest BCUT2D eigenvalue weighted by atomic mass is 9.55. The lowest BCUT2D eigenvalue weighted by Gasteiger charge is -2.51. The molecule has 0 radical (unpaired) electrons. The van der Waals surface area contributed by atoms with E-state index in [1.165, 1.54) is 25.3 Å². The number of benzene rings is 3. The van der Waals surface area contributed by atoms with Gasteiger partial charge in [-0.25, -0.2) is 4.90 Å². The van der Waals surface area contributed by atoms with Crippen molar-refractivity contribution in [2.75, 3.05) is 12.0 Å². The van der Waals surface area contributed by atoms with E-state index in [-0.39, 0.29) is 23.0 Å². The molecule has 7 nitrogen and oxygen atoms in total. The van der Waals surface area contributed by atoms with E-state index in [4.69, 9.17) is 4.74 Å². The largest absolute Gasteiger partial charge is 0.496 e. The number of rotatable bonds is 3. The number of hydrogen-bond acceptors (Lipinski definition) is 5. The molecule has 0 aromatic heterocycles. The molecule has 3 aromatic rings. The van der Waals surface area contributed by atoms with Crippen LogP contribution in [0.3, 0.4) is 0 Å². The van der Waals surface area contributed by atoms with Gasteiger partial charge >= 0.3 is 0 Å². The average molecular weight is 505 g/mol. The van der Waals surface area contributed by atoms with Crippen molar-refractivity contribution in [1.29, 1.82) is 0 Å². The van der Waals surface area contributed by atoms with Crippen molar-refractivity contribution in [3.63, 3.8) is 0 Å². The summed E-state index contributed by atoms with van der Waals surface area (Å²) in [5.41, 5.74) is 3.54. The van der Waals surface area contributed by atoms with Gasteiger partial charge in [0.05, 0.1) is 34.3 Å². The monoisotopic (exact) mass is 504 g/mol. The maximum absolute atomic E-state index is 13.9. The molecule has 0 saturated carbocycles. The fraction of sp³-hybridized carbons (Fsp3) is 0.200. The van der Waals surface area contributed by atoms with Crippen molar-refractivity contribution in [3.05, 3.63) is 99.1 Å². The number of halogens is 1. The van der Waals surface area contributed by atoms with Crippen molar-refractivity contribution in [1.82, 2.24) is 0 Å². The zero-order valence-corrected chi connectivity index (χ0v) is 19.0. The van der Waals surface area contributed by atoms with E-state index in [0.29, 0.717) is 0 Å². The van der Waals surface area contributed by atoms with Crippen molar-refractivity contribution < 1.29 is 19.2 Å². The molecular weight excluding hydrogens is 488 g/mol. The van der Waals surface area contributed by atoms with Crippen LogP contribution in [-0.2, 0) is 13.9 Å². The number of hydrogen-bond donors (Lipinski definition) is 0. The minimum absolute atomic E-state index is 0.0335. The molecule has 4 aliphatic rings. The number of anilines is 1. The van der Waals surface area contributed by atoms with Gasteiger partial charge in [-0.1, -0.05) is 64.5 Å². The lowest BCUT2D eigenvalue weighted by molar-refractivity contribution is -0.384. The van der Waals surface area contributed by atoms with Crippen LogP contribution in [0.25, 0.3) is 0 Å². The van der Waals surface area contributed by atoms with Crippen molar-refractivity contribution in [3.8, 4) is 5.75 Å². The number of methoxy groups -OCH3 is 1. The van der Waals surface area contributed by atoms with Crippen LogP contribution in [0.2, 0.25) is 0 Å². The van der Waals surface area contributed by atoms with Gasteiger partial charge < -0.3 is 4.74 Å². The topological polar surface area (TPSA) is 89.8 Å². The molecule has 1 fully saturated rings. The Morgan fingerprint density at radius 2 is 1.58 bits per heavy atom. The van der Waals surface area contributed by atoms with Crippen molar-refractivity contribution in [2.45, 2.75) is 10.2 Å². The van der Waals surface area contributed by atoms with E-state index in [1.54, 1.807) is 0 Å². The molecule has 2 bridgehead atoms. The van der Waals surface area contributed by atoms with Crippen LogP contribution in [0.1, 0.15) is 28.2 Å². The summed E-state index contributed by atoms with van der Waals surface area (Å²) in [6.07, 6.45) is 0. The molecule has 3 aromatic carbocycles. The number of nitro groups is 1. The van der Waals surface area contributed by atoms with Gasteiger partial charge in [0.2, 0.25) is 11.8 Å². The first kappa shape index (κ1) is 20.1. The van der Waals surface area contributed by atoms with Gasteiger partial charge in [-0.3, -0.25) is 19.7 Å². The molecule has 2 atom stereocenters. The second-order valence-electron chi connectivity index (χ2n) is 8.49. The van der Waals surface area contributed by atoms with E-state index in [1.807, 2.05) is 48.5 Å². The Morgan fingerprint density at radius 1 is 0.970 bits per heavy atom. The van der Waals surface area contributed by atoms with E-state index >= 15 is 0 Å². The average Bonchev–Trinajstić information content (AvgIpc) is 3.10. The molecule has 2 amide bonds. The standard InChI is InChI=1S/C25H17BrN2O5/c1-33-13-10-11-18(19(12-13)28(31)32)27-23(29)21-20-14-6-2-4-8-16(14)25(26,22(21)24(27)30)17-9-5-3-7-15(17)20/h2-12,20-22H,1H3/t20?,21-,22-,25?/m0/s1. The Labute approximate surface area is 197 Å². The Balaban J connectivity index is 1.59. The van der Waals surface area contributed by atoms with Gasteiger partial charge in [-0.2, -0.15) is 0 Å². The molecule has 0 spiro atoms. The first-order chi connectivity index (χ1) is 15.9. The minimum atomic E-state index is -0.900.